The lowest BCUT2D eigenvalue weighted by atomic mass is 10.1. The van der Waals surface area contributed by atoms with Crippen molar-refractivity contribution in [2.75, 3.05) is 5.32 Å². The lowest BCUT2D eigenvalue weighted by Crippen LogP contribution is -1.99. The molecule has 5 heteroatoms. The SMILES string of the molecule is Clc1ccc(CNc2ccc(-c3cnc[nH]3)cc2)cc1Cl. The summed E-state index contributed by atoms with van der Waals surface area (Å²) in [6.07, 6.45) is 3.48. The summed E-state index contributed by atoms with van der Waals surface area (Å²) in [6.45, 7) is 0.695. The standard InChI is InChI=1S/C16H13Cl2N3/c17-14-6-1-11(7-15(14)18)8-20-13-4-2-12(3-5-13)16-9-19-10-21-16/h1-7,9-10,20H,8H2,(H,19,21). The van der Waals surface area contributed by atoms with Gasteiger partial charge in [-0.05, 0) is 35.4 Å². The van der Waals surface area contributed by atoms with E-state index in [1.165, 1.54) is 0 Å². The first-order chi connectivity index (χ1) is 10.2. The molecule has 1 aromatic heterocycles. The Morgan fingerprint density at radius 1 is 1.00 bits per heavy atom. The molecule has 0 aliphatic carbocycles. The Morgan fingerprint density at radius 2 is 1.81 bits per heavy atom. The fourth-order valence-electron chi connectivity index (χ4n) is 2.04. The summed E-state index contributed by atoms with van der Waals surface area (Å²) in [4.78, 5) is 7.10. The average Bonchev–Trinajstić information content (AvgIpc) is 3.03. The van der Waals surface area contributed by atoms with Crippen molar-refractivity contribution in [3.05, 3.63) is 70.6 Å². The Balaban J connectivity index is 1.66. The molecule has 0 bridgehead atoms. The third kappa shape index (κ3) is 3.38. The van der Waals surface area contributed by atoms with Crippen LogP contribution in [0.3, 0.4) is 0 Å². The van der Waals surface area contributed by atoms with Crippen LogP contribution in [0.2, 0.25) is 10.0 Å². The van der Waals surface area contributed by atoms with Crippen LogP contribution in [-0.2, 0) is 6.54 Å². The van der Waals surface area contributed by atoms with Gasteiger partial charge in [-0.2, -0.15) is 0 Å². The van der Waals surface area contributed by atoms with Crippen molar-refractivity contribution in [1.82, 2.24) is 9.97 Å². The summed E-state index contributed by atoms with van der Waals surface area (Å²) in [6, 6.07) is 13.8. The number of hydrogen-bond acceptors (Lipinski definition) is 2. The molecular weight excluding hydrogens is 305 g/mol. The normalized spacial score (nSPS) is 10.6. The predicted molar refractivity (Wildman–Crippen MR) is 87.8 cm³/mol. The maximum absolute atomic E-state index is 6.00. The second-order valence-electron chi connectivity index (χ2n) is 4.64. The molecule has 0 aliphatic rings. The number of nitrogens with zero attached hydrogens (tertiary/aromatic N) is 1. The largest absolute Gasteiger partial charge is 0.381 e. The zero-order chi connectivity index (χ0) is 14.7. The molecule has 0 saturated carbocycles. The van der Waals surface area contributed by atoms with Gasteiger partial charge in [0, 0.05) is 12.2 Å². The summed E-state index contributed by atoms with van der Waals surface area (Å²) >= 11 is 11.9. The number of aromatic nitrogens is 2. The Hall–Kier alpha value is -1.97. The van der Waals surface area contributed by atoms with E-state index in [-0.39, 0.29) is 0 Å². The number of halogens is 2. The zero-order valence-corrected chi connectivity index (χ0v) is 12.6. The molecule has 106 valence electrons. The highest BCUT2D eigenvalue weighted by molar-refractivity contribution is 6.42. The number of nitrogens with one attached hydrogen (secondary N) is 2. The van der Waals surface area contributed by atoms with E-state index >= 15 is 0 Å². The molecule has 0 spiro atoms. The van der Waals surface area contributed by atoms with E-state index in [0.717, 1.165) is 22.5 Å². The minimum atomic E-state index is 0.573. The van der Waals surface area contributed by atoms with Gasteiger partial charge in [0.15, 0.2) is 0 Å². The number of benzene rings is 2. The van der Waals surface area contributed by atoms with Crippen LogP contribution >= 0.6 is 23.2 Å². The van der Waals surface area contributed by atoms with Gasteiger partial charge < -0.3 is 10.3 Å². The Bertz CT molecular complexity index is 722. The summed E-state index contributed by atoms with van der Waals surface area (Å²) in [7, 11) is 0. The monoisotopic (exact) mass is 317 g/mol. The van der Waals surface area contributed by atoms with Gasteiger partial charge in [0.05, 0.1) is 28.3 Å². The lowest BCUT2D eigenvalue weighted by Gasteiger charge is -2.08. The van der Waals surface area contributed by atoms with Crippen LogP contribution in [0.1, 0.15) is 5.56 Å². The molecule has 3 aromatic rings. The topological polar surface area (TPSA) is 40.7 Å². The second-order valence-corrected chi connectivity index (χ2v) is 5.46. The van der Waals surface area contributed by atoms with Crippen molar-refractivity contribution in [3.8, 4) is 11.3 Å². The minimum Gasteiger partial charge on any atom is -0.381 e. The predicted octanol–water partition coefficient (Wildman–Crippen LogP) is 5.00. The zero-order valence-electron chi connectivity index (χ0n) is 11.1. The molecular formula is C16H13Cl2N3. The molecule has 0 aliphatic heterocycles. The first-order valence-corrected chi connectivity index (χ1v) is 7.24. The van der Waals surface area contributed by atoms with E-state index in [4.69, 9.17) is 23.2 Å². The molecule has 0 radical (unpaired) electrons. The number of anilines is 1. The van der Waals surface area contributed by atoms with Crippen LogP contribution in [0.5, 0.6) is 0 Å². The maximum atomic E-state index is 6.00. The molecule has 1 heterocycles. The molecule has 3 nitrogen and oxygen atoms in total. The van der Waals surface area contributed by atoms with Gasteiger partial charge in [-0.25, -0.2) is 4.98 Å². The van der Waals surface area contributed by atoms with Gasteiger partial charge in [0.1, 0.15) is 0 Å². The molecule has 0 unspecified atom stereocenters. The molecule has 0 amide bonds. The van der Waals surface area contributed by atoms with Gasteiger partial charge in [0.2, 0.25) is 0 Å². The van der Waals surface area contributed by atoms with E-state index in [9.17, 15) is 0 Å². The van der Waals surface area contributed by atoms with E-state index in [1.54, 1.807) is 12.5 Å². The lowest BCUT2D eigenvalue weighted by molar-refractivity contribution is 1.15. The van der Waals surface area contributed by atoms with Crippen molar-refractivity contribution < 1.29 is 0 Å². The third-order valence-electron chi connectivity index (χ3n) is 3.17. The summed E-state index contributed by atoms with van der Waals surface area (Å²) < 4.78 is 0. The Kier molecular flexibility index (Phi) is 4.13. The van der Waals surface area contributed by atoms with Gasteiger partial charge in [0.25, 0.3) is 0 Å². The fraction of sp³-hybridized carbons (Fsp3) is 0.0625. The highest BCUT2D eigenvalue weighted by atomic mass is 35.5. The number of hydrogen-bond donors (Lipinski definition) is 2. The molecule has 0 atom stereocenters. The van der Waals surface area contributed by atoms with E-state index in [2.05, 4.69) is 15.3 Å². The molecule has 3 rings (SSSR count). The van der Waals surface area contributed by atoms with Crippen molar-refractivity contribution in [2.45, 2.75) is 6.54 Å². The van der Waals surface area contributed by atoms with Crippen molar-refractivity contribution in [2.24, 2.45) is 0 Å². The van der Waals surface area contributed by atoms with Crippen molar-refractivity contribution in [3.63, 3.8) is 0 Å². The maximum Gasteiger partial charge on any atom is 0.0924 e. The summed E-state index contributed by atoms with van der Waals surface area (Å²) in [5.41, 5.74) is 4.24. The highest BCUT2D eigenvalue weighted by Gasteiger charge is 2.01. The van der Waals surface area contributed by atoms with Crippen LogP contribution in [0.25, 0.3) is 11.3 Å². The van der Waals surface area contributed by atoms with E-state index < -0.39 is 0 Å². The number of H-pyrrole nitrogens is 1. The molecule has 21 heavy (non-hydrogen) atoms. The molecule has 0 fully saturated rings. The Labute approximate surface area is 132 Å². The van der Waals surface area contributed by atoms with Crippen LogP contribution in [0, 0.1) is 0 Å². The van der Waals surface area contributed by atoms with Crippen LogP contribution in [-0.4, -0.2) is 9.97 Å². The molecule has 2 N–H and O–H groups in total. The van der Waals surface area contributed by atoms with Gasteiger partial charge in [-0.3, -0.25) is 0 Å². The summed E-state index contributed by atoms with van der Waals surface area (Å²) in [5.74, 6) is 0. The number of rotatable bonds is 4. The van der Waals surface area contributed by atoms with Gasteiger partial charge >= 0.3 is 0 Å². The number of aromatic amines is 1. The number of imidazole rings is 1. The second kappa shape index (κ2) is 6.20. The van der Waals surface area contributed by atoms with E-state index in [0.29, 0.717) is 16.6 Å². The smallest absolute Gasteiger partial charge is 0.0924 e. The van der Waals surface area contributed by atoms with Crippen LogP contribution < -0.4 is 5.32 Å². The van der Waals surface area contributed by atoms with Gasteiger partial charge in [-0.1, -0.05) is 41.4 Å². The minimum absolute atomic E-state index is 0.573. The molecule has 2 aromatic carbocycles. The quantitative estimate of drug-likeness (QED) is 0.711. The first-order valence-electron chi connectivity index (χ1n) is 6.49. The highest BCUT2D eigenvalue weighted by Crippen LogP contribution is 2.23. The average molecular weight is 318 g/mol. The van der Waals surface area contributed by atoms with Crippen molar-refractivity contribution >= 4 is 28.9 Å². The van der Waals surface area contributed by atoms with Crippen LogP contribution in [0.4, 0.5) is 5.69 Å². The summed E-state index contributed by atoms with van der Waals surface area (Å²) in [5, 5.41) is 4.50. The Morgan fingerprint density at radius 3 is 2.48 bits per heavy atom. The van der Waals surface area contributed by atoms with Crippen LogP contribution in [0.15, 0.2) is 55.0 Å². The fourth-order valence-corrected chi connectivity index (χ4v) is 2.36. The third-order valence-corrected chi connectivity index (χ3v) is 3.91. The van der Waals surface area contributed by atoms with Gasteiger partial charge in [-0.15, -0.1) is 0 Å². The van der Waals surface area contributed by atoms with Crippen molar-refractivity contribution in [1.29, 1.82) is 0 Å². The first kappa shape index (κ1) is 14.0. The van der Waals surface area contributed by atoms with E-state index in [1.807, 2.05) is 42.5 Å². The molecule has 0 saturated heterocycles.